The molecule has 27 heavy (non-hydrogen) atoms. The number of nitrogens with zero attached hydrogens (tertiary/aromatic N) is 1. The van der Waals surface area contributed by atoms with Gasteiger partial charge >= 0.3 is 0 Å². The van der Waals surface area contributed by atoms with Gasteiger partial charge in [0.15, 0.2) is 17.5 Å². The van der Waals surface area contributed by atoms with E-state index in [1.165, 1.54) is 0 Å². The van der Waals surface area contributed by atoms with Crippen LogP contribution in [0, 0.1) is 0 Å². The van der Waals surface area contributed by atoms with E-state index in [9.17, 15) is 5.11 Å². The van der Waals surface area contributed by atoms with Gasteiger partial charge in [-0.05, 0) is 30.2 Å². The first-order valence-corrected chi connectivity index (χ1v) is 8.87. The highest BCUT2D eigenvalue weighted by atomic mass is 127. The van der Waals surface area contributed by atoms with Gasteiger partial charge in [0.1, 0.15) is 0 Å². The van der Waals surface area contributed by atoms with E-state index in [0.717, 1.165) is 29.2 Å². The van der Waals surface area contributed by atoms with Crippen LogP contribution in [0.5, 0.6) is 11.5 Å². The quantitative estimate of drug-likeness (QED) is 0.321. The summed E-state index contributed by atoms with van der Waals surface area (Å²) in [6.07, 6.45) is 0.127. The minimum atomic E-state index is -0.480. The molecular formula is C20H26IN3O3. The maximum Gasteiger partial charge on any atom is 0.231 e. The molecule has 0 bridgehead atoms. The number of benzene rings is 2. The smallest absolute Gasteiger partial charge is 0.231 e. The Hall–Kier alpha value is -2.00. The third-order valence-electron chi connectivity index (χ3n) is 4.02. The van der Waals surface area contributed by atoms with E-state index in [4.69, 9.17) is 9.47 Å². The molecule has 6 nitrogen and oxygen atoms in total. The van der Waals surface area contributed by atoms with Gasteiger partial charge in [-0.2, -0.15) is 0 Å². The summed E-state index contributed by atoms with van der Waals surface area (Å²) in [5.74, 6) is 2.21. The van der Waals surface area contributed by atoms with E-state index < -0.39 is 6.10 Å². The third-order valence-corrected chi connectivity index (χ3v) is 4.02. The van der Waals surface area contributed by atoms with Crippen molar-refractivity contribution >= 4 is 29.9 Å². The molecule has 1 aliphatic rings. The number of fused-ring (bicyclic) bond motifs is 1. The SMILES string of the molecule is CCNC(=NCc1ccc2c(c1)OCO2)NCC(O)Cc1ccccc1.I. The molecule has 0 aliphatic carbocycles. The first-order chi connectivity index (χ1) is 12.7. The summed E-state index contributed by atoms with van der Waals surface area (Å²) in [6.45, 7) is 3.98. The Morgan fingerprint density at radius 2 is 1.85 bits per heavy atom. The lowest BCUT2D eigenvalue weighted by molar-refractivity contribution is 0.174. The Morgan fingerprint density at radius 1 is 1.07 bits per heavy atom. The summed E-state index contributed by atoms with van der Waals surface area (Å²) in [7, 11) is 0. The molecule has 3 rings (SSSR count). The lowest BCUT2D eigenvalue weighted by atomic mass is 10.1. The minimum Gasteiger partial charge on any atom is -0.454 e. The van der Waals surface area contributed by atoms with Crippen LogP contribution in [-0.4, -0.2) is 37.1 Å². The van der Waals surface area contributed by atoms with Crippen LogP contribution in [0.2, 0.25) is 0 Å². The molecule has 0 spiro atoms. The van der Waals surface area contributed by atoms with Crippen molar-refractivity contribution in [3.05, 3.63) is 59.7 Å². The molecule has 2 aromatic carbocycles. The van der Waals surface area contributed by atoms with E-state index in [2.05, 4.69) is 15.6 Å². The highest BCUT2D eigenvalue weighted by Crippen LogP contribution is 2.32. The molecule has 146 valence electrons. The van der Waals surface area contributed by atoms with Gasteiger partial charge in [0.05, 0.1) is 12.6 Å². The summed E-state index contributed by atoms with van der Waals surface area (Å²) in [6, 6.07) is 15.8. The third kappa shape index (κ3) is 6.59. The van der Waals surface area contributed by atoms with Crippen LogP contribution in [-0.2, 0) is 13.0 Å². The number of halogens is 1. The van der Waals surface area contributed by atoms with Crippen LogP contribution in [0.15, 0.2) is 53.5 Å². The normalized spacial score (nSPS) is 13.6. The summed E-state index contributed by atoms with van der Waals surface area (Å²) < 4.78 is 10.7. The van der Waals surface area contributed by atoms with Crippen molar-refractivity contribution in [1.29, 1.82) is 0 Å². The monoisotopic (exact) mass is 483 g/mol. The number of aliphatic imine (C=N–C) groups is 1. The topological polar surface area (TPSA) is 75.1 Å². The van der Waals surface area contributed by atoms with Gasteiger partial charge in [-0.15, -0.1) is 24.0 Å². The summed E-state index contributed by atoms with van der Waals surface area (Å²) in [5, 5.41) is 16.6. The number of aliphatic hydroxyl groups excluding tert-OH is 1. The number of hydrogen-bond donors (Lipinski definition) is 3. The van der Waals surface area contributed by atoms with Crippen LogP contribution in [0.3, 0.4) is 0 Å². The Balaban J connectivity index is 0.00000261. The first-order valence-electron chi connectivity index (χ1n) is 8.87. The minimum absolute atomic E-state index is 0. The van der Waals surface area contributed by atoms with Crippen molar-refractivity contribution in [3.63, 3.8) is 0 Å². The number of guanidine groups is 1. The Kier molecular flexibility index (Phi) is 8.66. The van der Waals surface area contributed by atoms with Crippen molar-refractivity contribution in [2.24, 2.45) is 4.99 Å². The van der Waals surface area contributed by atoms with Gasteiger partial charge in [0, 0.05) is 19.5 Å². The van der Waals surface area contributed by atoms with Crippen molar-refractivity contribution < 1.29 is 14.6 Å². The Morgan fingerprint density at radius 3 is 2.63 bits per heavy atom. The summed E-state index contributed by atoms with van der Waals surface area (Å²) >= 11 is 0. The second-order valence-electron chi connectivity index (χ2n) is 6.11. The average Bonchev–Trinajstić information content (AvgIpc) is 3.12. The number of nitrogens with one attached hydrogen (secondary N) is 2. The van der Waals surface area contributed by atoms with E-state index in [1.54, 1.807) is 0 Å². The molecule has 1 heterocycles. The molecule has 0 radical (unpaired) electrons. The van der Waals surface area contributed by atoms with Gasteiger partial charge < -0.3 is 25.2 Å². The standard InChI is InChI=1S/C20H25N3O3.HI/c1-2-21-20(23-13-17(24)10-15-6-4-3-5-7-15)22-12-16-8-9-18-19(11-16)26-14-25-18;/h3-9,11,17,24H,2,10,12-14H2,1H3,(H2,21,22,23);1H. The van der Waals surface area contributed by atoms with E-state index in [0.29, 0.717) is 25.5 Å². The lowest BCUT2D eigenvalue weighted by Gasteiger charge is -2.15. The van der Waals surface area contributed by atoms with Gasteiger partial charge in [0.25, 0.3) is 0 Å². The van der Waals surface area contributed by atoms with Gasteiger partial charge in [-0.3, -0.25) is 0 Å². The molecule has 2 aromatic rings. The molecular weight excluding hydrogens is 457 g/mol. The molecule has 7 heteroatoms. The van der Waals surface area contributed by atoms with Gasteiger partial charge in [0.2, 0.25) is 6.79 Å². The van der Waals surface area contributed by atoms with Gasteiger partial charge in [-0.1, -0.05) is 36.4 Å². The maximum atomic E-state index is 10.2. The molecule has 1 unspecified atom stereocenters. The molecule has 0 saturated heterocycles. The summed E-state index contributed by atoms with van der Waals surface area (Å²) in [4.78, 5) is 4.58. The molecule has 1 atom stereocenters. The van der Waals surface area contributed by atoms with Crippen molar-refractivity contribution in [2.75, 3.05) is 19.9 Å². The van der Waals surface area contributed by atoms with Crippen LogP contribution in [0.4, 0.5) is 0 Å². The number of hydrogen-bond acceptors (Lipinski definition) is 4. The second-order valence-corrected chi connectivity index (χ2v) is 6.11. The fourth-order valence-corrected chi connectivity index (χ4v) is 2.72. The fourth-order valence-electron chi connectivity index (χ4n) is 2.72. The predicted octanol–water partition coefficient (Wildman–Crippen LogP) is 2.69. The zero-order chi connectivity index (χ0) is 18.2. The van der Waals surface area contributed by atoms with E-state index in [1.807, 2.05) is 55.5 Å². The first kappa shape index (κ1) is 21.3. The largest absolute Gasteiger partial charge is 0.454 e. The lowest BCUT2D eigenvalue weighted by Crippen LogP contribution is -2.41. The van der Waals surface area contributed by atoms with E-state index in [-0.39, 0.29) is 30.8 Å². The highest BCUT2D eigenvalue weighted by molar-refractivity contribution is 14.0. The molecule has 0 saturated carbocycles. The Bertz CT molecular complexity index is 741. The highest BCUT2D eigenvalue weighted by Gasteiger charge is 2.13. The average molecular weight is 483 g/mol. The van der Waals surface area contributed by atoms with Crippen LogP contribution in [0.25, 0.3) is 0 Å². The van der Waals surface area contributed by atoms with Crippen molar-refractivity contribution in [2.45, 2.75) is 26.0 Å². The Labute approximate surface area is 177 Å². The molecule has 1 aliphatic heterocycles. The fraction of sp³-hybridized carbons (Fsp3) is 0.350. The number of rotatable bonds is 7. The number of aliphatic hydroxyl groups is 1. The van der Waals surface area contributed by atoms with Crippen LogP contribution >= 0.6 is 24.0 Å². The molecule has 3 N–H and O–H groups in total. The van der Waals surface area contributed by atoms with Gasteiger partial charge in [-0.25, -0.2) is 4.99 Å². The van der Waals surface area contributed by atoms with Crippen LogP contribution < -0.4 is 20.1 Å². The maximum absolute atomic E-state index is 10.2. The zero-order valence-corrected chi connectivity index (χ0v) is 17.7. The zero-order valence-electron chi connectivity index (χ0n) is 15.4. The summed E-state index contributed by atoms with van der Waals surface area (Å²) in [5.41, 5.74) is 2.15. The molecule has 0 amide bonds. The molecule has 0 aromatic heterocycles. The predicted molar refractivity (Wildman–Crippen MR) is 117 cm³/mol. The number of ether oxygens (including phenoxy) is 2. The van der Waals surface area contributed by atoms with Crippen molar-refractivity contribution in [1.82, 2.24) is 10.6 Å². The second kappa shape index (κ2) is 11.0. The molecule has 0 fully saturated rings. The van der Waals surface area contributed by atoms with E-state index >= 15 is 0 Å². The van der Waals surface area contributed by atoms with Crippen LogP contribution in [0.1, 0.15) is 18.1 Å². The van der Waals surface area contributed by atoms with Crippen molar-refractivity contribution in [3.8, 4) is 11.5 Å².